The topological polar surface area (TPSA) is 101 Å². The molecular formula is C22H26N4O4S2. The Bertz CT molecular complexity index is 1330. The summed E-state index contributed by atoms with van der Waals surface area (Å²) in [5.41, 5.74) is 1.44. The lowest BCUT2D eigenvalue weighted by Crippen LogP contribution is -2.38. The van der Waals surface area contributed by atoms with Crippen molar-refractivity contribution in [1.29, 1.82) is 0 Å². The first-order chi connectivity index (χ1) is 15.2. The third kappa shape index (κ3) is 4.48. The maximum Gasteiger partial charge on any atom is 0.264 e. The number of aromatic nitrogens is 2. The number of aryl methyl sites for hydroxylation is 3. The predicted octanol–water partition coefficient (Wildman–Crippen LogP) is 2.48. The van der Waals surface area contributed by atoms with E-state index in [0.717, 1.165) is 41.9 Å². The number of sulfonamides is 1. The van der Waals surface area contributed by atoms with E-state index >= 15 is 0 Å². The molecule has 1 N–H and O–H groups in total. The van der Waals surface area contributed by atoms with E-state index < -0.39 is 22.5 Å². The standard InChI is InChI=1S/C22H26N4O4S2/c1-14-6-8-17(9-7-14)32(29,30)24-19(27)13-26-18(12-25-10-4-5-11-25)23-21-20(22(26)28)15(2)16(3)31-21/h6-9H,4-5,10-13H2,1-3H3,(H,24,27). The third-order valence-corrected chi connectivity index (χ3v) is 8.30. The van der Waals surface area contributed by atoms with Gasteiger partial charge in [-0.15, -0.1) is 11.3 Å². The van der Waals surface area contributed by atoms with Gasteiger partial charge in [0, 0.05) is 4.88 Å². The number of amides is 1. The van der Waals surface area contributed by atoms with Crippen LogP contribution in [0.15, 0.2) is 34.0 Å². The molecule has 1 amide bonds. The van der Waals surface area contributed by atoms with Crippen LogP contribution in [0, 0.1) is 20.8 Å². The SMILES string of the molecule is Cc1ccc(S(=O)(=O)NC(=O)Cn2c(CN3CCCC3)nc3sc(C)c(C)c3c2=O)cc1. The molecule has 170 valence electrons. The fourth-order valence-corrected chi connectivity index (χ4v) is 5.91. The molecule has 4 rings (SSSR count). The Morgan fingerprint density at radius 2 is 1.78 bits per heavy atom. The maximum atomic E-state index is 13.3. The minimum absolute atomic E-state index is 0.000956. The van der Waals surface area contributed by atoms with Crippen molar-refractivity contribution in [2.45, 2.75) is 51.6 Å². The molecule has 0 atom stereocenters. The van der Waals surface area contributed by atoms with E-state index in [1.54, 1.807) is 12.1 Å². The molecule has 0 radical (unpaired) electrons. The van der Waals surface area contributed by atoms with Crippen LogP contribution in [-0.4, -0.2) is 41.9 Å². The van der Waals surface area contributed by atoms with Gasteiger partial charge in [-0.2, -0.15) is 0 Å². The Balaban J connectivity index is 1.67. The van der Waals surface area contributed by atoms with Crippen LogP contribution in [0.1, 0.15) is 34.7 Å². The number of benzene rings is 1. The number of hydrogen-bond donors (Lipinski definition) is 1. The summed E-state index contributed by atoms with van der Waals surface area (Å²) in [7, 11) is -4.03. The fraction of sp³-hybridized carbons (Fsp3) is 0.409. The zero-order valence-electron chi connectivity index (χ0n) is 18.3. The van der Waals surface area contributed by atoms with E-state index in [0.29, 0.717) is 22.6 Å². The highest BCUT2D eigenvalue weighted by molar-refractivity contribution is 7.90. The average Bonchev–Trinajstić information content (AvgIpc) is 3.33. The number of likely N-dealkylation sites (tertiary alicyclic amines) is 1. The highest BCUT2D eigenvalue weighted by atomic mass is 32.2. The highest BCUT2D eigenvalue weighted by Crippen LogP contribution is 2.26. The number of fused-ring (bicyclic) bond motifs is 1. The van der Waals surface area contributed by atoms with E-state index in [9.17, 15) is 18.0 Å². The quantitative estimate of drug-likeness (QED) is 0.589. The second kappa shape index (κ2) is 8.76. The van der Waals surface area contributed by atoms with Crippen LogP contribution < -0.4 is 10.3 Å². The summed E-state index contributed by atoms with van der Waals surface area (Å²) < 4.78 is 28.7. The largest absolute Gasteiger partial charge is 0.296 e. The van der Waals surface area contributed by atoms with Crippen molar-refractivity contribution in [2.24, 2.45) is 0 Å². The number of carbonyl (C=O) groups excluding carboxylic acids is 1. The maximum absolute atomic E-state index is 13.3. The zero-order chi connectivity index (χ0) is 23.0. The summed E-state index contributed by atoms with van der Waals surface area (Å²) in [5.74, 6) is -0.297. The molecule has 1 saturated heterocycles. The van der Waals surface area contributed by atoms with Gasteiger partial charge in [-0.3, -0.25) is 19.1 Å². The van der Waals surface area contributed by atoms with Gasteiger partial charge in [0.15, 0.2) is 0 Å². The molecule has 1 fully saturated rings. The lowest BCUT2D eigenvalue weighted by molar-refractivity contribution is -0.120. The molecular weight excluding hydrogens is 448 g/mol. The number of carbonyl (C=O) groups is 1. The summed E-state index contributed by atoms with van der Waals surface area (Å²) in [4.78, 5) is 34.7. The Morgan fingerprint density at radius 1 is 1.12 bits per heavy atom. The van der Waals surface area contributed by atoms with E-state index in [1.165, 1.54) is 28.0 Å². The summed E-state index contributed by atoms with van der Waals surface area (Å²) in [6, 6.07) is 6.22. The van der Waals surface area contributed by atoms with Crippen LogP contribution in [0.4, 0.5) is 0 Å². The van der Waals surface area contributed by atoms with E-state index in [1.807, 2.05) is 20.8 Å². The van der Waals surface area contributed by atoms with Crippen LogP contribution in [0.25, 0.3) is 10.2 Å². The summed E-state index contributed by atoms with van der Waals surface area (Å²) >= 11 is 1.46. The van der Waals surface area contributed by atoms with Crippen LogP contribution in [0.2, 0.25) is 0 Å². The summed E-state index contributed by atoms with van der Waals surface area (Å²) in [6.45, 7) is 7.50. The Labute approximate surface area is 190 Å². The monoisotopic (exact) mass is 474 g/mol. The van der Waals surface area contributed by atoms with Crippen molar-refractivity contribution in [1.82, 2.24) is 19.2 Å². The molecule has 0 aliphatic carbocycles. The molecule has 1 aliphatic rings. The van der Waals surface area contributed by atoms with Gasteiger partial charge in [-0.05, 0) is 64.4 Å². The van der Waals surface area contributed by atoms with Crippen LogP contribution in [0.5, 0.6) is 0 Å². The van der Waals surface area contributed by atoms with Crippen molar-refractivity contribution in [3.05, 3.63) is 56.4 Å². The van der Waals surface area contributed by atoms with Crippen molar-refractivity contribution in [3.8, 4) is 0 Å². The number of hydrogen-bond acceptors (Lipinski definition) is 7. The van der Waals surface area contributed by atoms with Gasteiger partial charge in [0.2, 0.25) is 0 Å². The molecule has 0 spiro atoms. The van der Waals surface area contributed by atoms with E-state index in [2.05, 4.69) is 9.62 Å². The van der Waals surface area contributed by atoms with E-state index in [4.69, 9.17) is 4.98 Å². The van der Waals surface area contributed by atoms with Gasteiger partial charge in [-0.25, -0.2) is 18.1 Å². The minimum Gasteiger partial charge on any atom is -0.296 e. The van der Waals surface area contributed by atoms with Crippen molar-refractivity contribution < 1.29 is 13.2 Å². The van der Waals surface area contributed by atoms with Gasteiger partial charge in [-0.1, -0.05) is 17.7 Å². The van der Waals surface area contributed by atoms with Gasteiger partial charge in [0.25, 0.3) is 21.5 Å². The van der Waals surface area contributed by atoms with Crippen molar-refractivity contribution in [3.63, 3.8) is 0 Å². The van der Waals surface area contributed by atoms with E-state index in [-0.39, 0.29) is 10.5 Å². The first kappa shape index (κ1) is 22.6. The average molecular weight is 475 g/mol. The molecule has 0 unspecified atom stereocenters. The Hall–Kier alpha value is -2.56. The summed E-state index contributed by atoms with van der Waals surface area (Å²) in [6.07, 6.45) is 2.16. The highest BCUT2D eigenvalue weighted by Gasteiger charge is 2.23. The summed E-state index contributed by atoms with van der Waals surface area (Å²) in [5, 5.41) is 0.492. The first-order valence-corrected chi connectivity index (χ1v) is 12.8. The second-order valence-corrected chi connectivity index (χ2v) is 11.1. The molecule has 32 heavy (non-hydrogen) atoms. The van der Waals surface area contributed by atoms with Crippen LogP contribution in [0.3, 0.4) is 0 Å². The molecule has 8 nitrogen and oxygen atoms in total. The van der Waals surface area contributed by atoms with Gasteiger partial charge < -0.3 is 0 Å². The number of rotatable bonds is 6. The van der Waals surface area contributed by atoms with Crippen molar-refractivity contribution >= 4 is 37.5 Å². The molecule has 3 heterocycles. The number of thiophene rings is 1. The molecule has 0 saturated carbocycles. The van der Waals surface area contributed by atoms with Gasteiger partial charge in [0.1, 0.15) is 17.2 Å². The van der Waals surface area contributed by atoms with Crippen molar-refractivity contribution in [2.75, 3.05) is 13.1 Å². The molecule has 10 heteroatoms. The zero-order valence-corrected chi connectivity index (χ0v) is 20.0. The molecule has 2 aromatic heterocycles. The predicted molar refractivity (Wildman–Crippen MR) is 124 cm³/mol. The second-order valence-electron chi connectivity index (χ2n) is 8.21. The van der Waals surface area contributed by atoms with Crippen LogP contribution in [-0.2, 0) is 27.9 Å². The smallest absolute Gasteiger partial charge is 0.264 e. The minimum atomic E-state index is -4.03. The van der Waals surface area contributed by atoms with Gasteiger partial charge >= 0.3 is 0 Å². The molecule has 0 bridgehead atoms. The number of nitrogens with one attached hydrogen (secondary N) is 1. The molecule has 1 aromatic carbocycles. The lowest BCUT2D eigenvalue weighted by Gasteiger charge is -2.18. The fourth-order valence-electron chi connectivity index (χ4n) is 3.90. The third-order valence-electron chi connectivity index (χ3n) is 5.81. The Morgan fingerprint density at radius 3 is 2.44 bits per heavy atom. The molecule has 1 aliphatic heterocycles. The first-order valence-electron chi connectivity index (χ1n) is 10.5. The van der Waals surface area contributed by atoms with Gasteiger partial charge in [0.05, 0.1) is 16.8 Å². The normalized spacial score (nSPS) is 14.8. The lowest BCUT2D eigenvalue weighted by atomic mass is 10.2. The Kier molecular flexibility index (Phi) is 6.19. The van der Waals surface area contributed by atoms with Crippen LogP contribution >= 0.6 is 11.3 Å². The molecule has 3 aromatic rings. The number of nitrogens with zero attached hydrogens (tertiary/aromatic N) is 3.